The molecule has 0 radical (unpaired) electrons. The van der Waals surface area contributed by atoms with Crippen molar-refractivity contribution in [1.29, 1.82) is 0 Å². The number of para-hydroxylation sites is 3. The van der Waals surface area contributed by atoms with E-state index in [0.29, 0.717) is 17.8 Å². The molecule has 7 rings (SSSR count). The summed E-state index contributed by atoms with van der Waals surface area (Å²) in [5.74, 6) is 3.89. The van der Waals surface area contributed by atoms with Crippen molar-refractivity contribution in [2.24, 2.45) is 11.8 Å². The van der Waals surface area contributed by atoms with Gasteiger partial charge in [-0.2, -0.15) is 0 Å². The molecular weight excluding hydrogens is 488 g/mol. The SMILES string of the molecule is CC1CCC2=C(C1)OC1=CC(N(c3ccc(C4C=CC=CC4)cc3)c3ccccc3Nc3ccccc3)=CCC12. The van der Waals surface area contributed by atoms with Crippen molar-refractivity contribution in [3.63, 3.8) is 0 Å². The minimum Gasteiger partial charge on any atom is -0.465 e. The number of fused-ring (bicyclic) bond motifs is 2. The van der Waals surface area contributed by atoms with Gasteiger partial charge < -0.3 is 15.0 Å². The Morgan fingerprint density at radius 3 is 2.52 bits per heavy atom. The lowest BCUT2D eigenvalue weighted by atomic mass is 9.82. The summed E-state index contributed by atoms with van der Waals surface area (Å²) < 4.78 is 6.56. The monoisotopic (exact) mass is 524 g/mol. The molecule has 1 heterocycles. The van der Waals surface area contributed by atoms with E-state index in [1.165, 1.54) is 29.7 Å². The molecule has 0 fully saturated rings. The van der Waals surface area contributed by atoms with Crippen LogP contribution in [0.5, 0.6) is 0 Å². The Balaban J connectivity index is 1.26. The van der Waals surface area contributed by atoms with E-state index in [0.717, 1.165) is 53.5 Å². The van der Waals surface area contributed by atoms with E-state index in [9.17, 15) is 0 Å². The molecule has 0 aromatic heterocycles. The number of rotatable bonds is 6. The first kappa shape index (κ1) is 24.8. The molecular formula is C37H36N2O. The third kappa shape index (κ3) is 4.81. The molecule has 3 heteroatoms. The summed E-state index contributed by atoms with van der Waals surface area (Å²) in [5.41, 5.74) is 8.45. The lowest BCUT2D eigenvalue weighted by Crippen LogP contribution is -2.20. The van der Waals surface area contributed by atoms with Gasteiger partial charge in [0, 0.05) is 41.4 Å². The van der Waals surface area contributed by atoms with Crippen LogP contribution in [0.3, 0.4) is 0 Å². The highest BCUT2D eigenvalue weighted by Crippen LogP contribution is 2.49. The van der Waals surface area contributed by atoms with Gasteiger partial charge in [0.1, 0.15) is 11.5 Å². The molecule has 200 valence electrons. The fourth-order valence-electron chi connectivity index (χ4n) is 6.52. The minimum atomic E-state index is 0.402. The maximum atomic E-state index is 6.56. The molecule has 3 atom stereocenters. The Morgan fingerprint density at radius 2 is 1.70 bits per heavy atom. The largest absolute Gasteiger partial charge is 0.465 e. The van der Waals surface area contributed by atoms with Crippen LogP contribution in [0.25, 0.3) is 0 Å². The molecule has 3 aromatic rings. The van der Waals surface area contributed by atoms with Crippen molar-refractivity contribution in [2.75, 3.05) is 10.2 Å². The van der Waals surface area contributed by atoms with Crippen molar-refractivity contribution in [2.45, 2.75) is 44.9 Å². The molecule has 3 unspecified atom stereocenters. The van der Waals surface area contributed by atoms with Crippen LogP contribution in [-0.4, -0.2) is 0 Å². The molecule has 0 saturated heterocycles. The second kappa shape index (κ2) is 10.7. The van der Waals surface area contributed by atoms with Gasteiger partial charge in [-0.1, -0.05) is 79.8 Å². The zero-order valence-corrected chi connectivity index (χ0v) is 23.1. The van der Waals surface area contributed by atoms with E-state index in [2.05, 4.69) is 126 Å². The van der Waals surface area contributed by atoms with Gasteiger partial charge in [-0.25, -0.2) is 0 Å². The molecule has 0 spiro atoms. The molecule has 3 aliphatic carbocycles. The van der Waals surface area contributed by atoms with Crippen molar-refractivity contribution < 1.29 is 4.74 Å². The van der Waals surface area contributed by atoms with Crippen molar-refractivity contribution in [3.05, 3.63) is 144 Å². The molecule has 3 aromatic carbocycles. The number of anilines is 4. The highest BCUT2D eigenvalue weighted by atomic mass is 16.5. The molecule has 0 bridgehead atoms. The maximum Gasteiger partial charge on any atom is 0.113 e. The van der Waals surface area contributed by atoms with Crippen LogP contribution in [0.1, 0.15) is 50.5 Å². The smallest absolute Gasteiger partial charge is 0.113 e. The molecule has 3 nitrogen and oxygen atoms in total. The van der Waals surface area contributed by atoms with Crippen LogP contribution in [0.2, 0.25) is 0 Å². The highest BCUT2D eigenvalue weighted by molar-refractivity contribution is 5.83. The first-order chi connectivity index (χ1) is 19.7. The molecule has 1 aliphatic heterocycles. The van der Waals surface area contributed by atoms with Gasteiger partial charge in [-0.15, -0.1) is 0 Å². The second-order valence-corrected chi connectivity index (χ2v) is 11.5. The van der Waals surface area contributed by atoms with E-state index < -0.39 is 0 Å². The zero-order chi connectivity index (χ0) is 26.9. The summed E-state index contributed by atoms with van der Waals surface area (Å²) in [5, 5.41) is 3.67. The Hall–Kier alpha value is -4.24. The fourth-order valence-corrected chi connectivity index (χ4v) is 6.52. The number of nitrogens with one attached hydrogen (secondary N) is 1. The quantitative estimate of drug-likeness (QED) is 0.347. The van der Waals surface area contributed by atoms with Crippen LogP contribution in [0.15, 0.2) is 138 Å². The van der Waals surface area contributed by atoms with Crippen molar-refractivity contribution >= 4 is 22.7 Å². The molecule has 40 heavy (non-hydrogen) atoms. The molecule has 0 saturated carbocycles. The average Bonchev–Trinajstić information content (AvgIpc) is 3.36. The van der Waals surface area contributed by atoms with E-state index in [4.69, 9.17) is 4.74 Å². The first-order valence-electron chi connectivity index (χ1n) is 14.7. The Bertz CT molecular complexity index is 1540. The fraction of sp³-hybridized carbons (Fsp3) is 0.243. The third-order valence-corrected chi connectivity index (χ3v) is 8.67. The average molecular weight is 525 g/mol. The first-order valence-corrected chi connectivity index (χ1v) is 14.7. The van der Waals surface area contributed by atoms with Gasteiger partial charge in [0.15, 0.2) is 0 Å². The van der Waals surface area contributed by atoms with Crippen LogP contribution < -0.4 is 10.2 Å². The van der Waals surface area contributed by atoms with E-state index in [-0.39, 0.29) is 0 Å². The zero-order valence-electron chi connectivity index (χ0n) is 23.1. The number of ether oxygens (including phenoxy) is 1. The van der Waals surface area contributed by atoms with Crippen LogP contribution >= 0.6 is 0 Å². The maximum absolute atomic E-state index is 6.56. The predicted molar refractivity (Wildman–Crippen MR) is 166 cm³/mol. The second-order valence-electron chi connectivity index (χ2n) is 11.5. The van der Waals surface area contributed by atoms with Gasteiger partial charge in [-0.05, 0) is 79.1 Å². The van der Waals surface area contributed by atoms with Crippen LogP contribution in [0.4, 0.5) is 22.7 Å². The van der Waals surface area contributed by atoms with Gasteiger partial charge in [0.05, 0.1) is 11.4 Å². The summed E-state index contributed by atoms with van der Waals surface area (Å²) in [4.78, 5) is 2.39. The molecule has 0 amide bonds. The van der Waals surface area contributed by atoms with Crippen molar-refractivity contribution in [3.8, 4) is 0 Å². The minimum absolute atomic E-state index is 0.402. The van der Waals surface area contributed by atoms with Gasteiger partial charge in [0.25, 0.3) is 0 Å². The van der Waals surface area contributed by atoms with E-state index >= 15 is 0 Å². The summed E-state index contributed by atoms with van der Waals surface area (Å²) in [6.45, 7) is 2.34. The van der Waals surface area contributed by atoms with E-state index in [1.807, 2.05) is 6.07 Å². The van der Waals surface area contributed by atoms with Gasteiger partial charge in [-0.3, -0.25) is 0 Å². The summed E-state index contributed by atoms with van der Waals surface area (Å²) in [6, 6.07) is 28.1. The normalized spacial score (nSPS) is 23.1. The summed E-state index contributed by atoms with van der Waals surface area (Å²) >= 11 is 0. The van der Waals surface area contributed by atoms with Crippen LogP contribution in [-0.2, 0) is 4.74 Å². The third-order valence-electron chi connectivity index (χ3n) is 8.67. The number of nitrogens with zero attached hydrogens (tertiary/aromatic N) is 1. The Labute approximate surface area is 237 Å². The summed E-state index contributed by atoms with van der Waals surface area (Å²) in [6.07, 6.45) is 19.1. The predicted octanol–water partition coefficient (Wildman–Crippen LogP) is 10.1. The number of allylic oxidation sites excluding steroid dienone is 8. The molecule has 4 aliphatic rings. The lowest BCUT2D eigenvalue weighted by molar-refractivity contribution is 0.272. The number of hydrogen-bond acceptors (Lipinski definition) is 3. The topological polar surface area (TPSA) is 24.5 Å². The van der Waals surface area contributed by atoms with Crippen LogP contribution in [0, 0.1) is 11.8 Å². The number of benzene rings is 3. The highest BCUT2D eigenvalue weighted by Gasteiger charge is 2.37. The standard InChI is InChI=1S/C37H36N2O/c1-26-16-22-32-33-23-21-31(25-37(33)40-36(32)24-26)39(30-19-17-28(18-20-30)27-10-4-2-5-11-27)35-15-9-8-14-34(35)38-29-12-6-3-7-13-29/h2-10,12-15,17-21,25-27,33,38H,11,16,22-24H2,1H3. The summed E-state index contributed by atoms with van der Waals surface area (Å²) in [7, 11) is 0. The van der Waals surface area contributed by atoms with Gasteiger partial charge >= 0.3 is 0 Å². The lowest BCUT2D eigenvalue weighted by Gasteiger charge is -2.31. The van der Waals surface area contributed by atoms with Gasteiger partial charge in [0.2, 0.25) is 0 Å². The molecule has 1 N–H and O–H groups in total. The van der Waals surface area contributed by atoms with E-state index in [1.54, 1.807) is 0 Å². The number of hydrogen-bond donors (Lipinski definition) is 1. The van der Waals surface area contributed by atoms with Crippen molar-refractivity contribution in [1.82, 2.24) is 0 Å². The Kier molecular flexibility index (Phi) is 6.65. The Morgan fingerprint density at radius 1 is 0.875 bits per heavy atom.